The average molecular weight is 558 g/mol. The number of allylic oxidation sites excluding steroid dienone is 4. The first-order valence-corrected chi connectivity index (χ1v) is 13.5. The first-order chi connectivity index (χ1) is 17.4. The van der Waals surface area contributed by atoms with Crippen molar-refractivity contribution in [2.75, 3.05) is 40.2 Å². The number of rotatable bonds is 7. The van der Waals surface area contributed by atoms with Gasteiger partial charge in [0, 0.05) is 64.7 Å². The third kappa shape index (κ3) is 6.59. The second kappa shape index (κ2) is 11.9. The predicted octanol–water partition coefficient (Wildman–Crippen LogP) is 4.52. The zero-order valence-electron chi connectivity index (χ0n) is 23.1. The lowest BCUT2D eigenvalue weighted by Gasteiger charge is -2.41. The van der Waals surface area contributed by atoms with Gasteiger partial charge in [-0.2, -0.15) is 13.2 Å². The molecule has 0 saturated carbocycles. The third-order valence-electron chi connectivity index (χ3n) is 5.94. The van der Waals surface area contributed by atoms with E-state index in [0.29, 0.717) is 11.5 Å². The van der Waals surface area contributed by atoms with Crippen molar-refractivity contribution in [1.29, 1.82) is 0 Å². The molecule has 8 nitrogen and oxygen atoms in total. The molecule has 0 aromatic heterocycles. The fourth-order valence-electron chi connectivity index (χ4n) is 4.33. The fraction of sp³-hybridized carbons (Fsp3) is 0.500. The first kappa shape index (κ1) is 31.4. The SMILES string of the molecule is COP(=O)(C1C2=C(C=C(N(C)C)C=[C+]2)Oc2cc(N(C)C)ccc21)N(C(C)C)C(C)C.O=C([O-])C(F)(F)F. The second-order valence-electron chi connectivity index (χ2n) is 9.75. The van der Waals surface area contributed by atoms with Crippen molar-refractivity contribution < 1.29 is 36.9 Å². The van der Waals surface area contributed by atoms with E-state index in [1.165, 1.54) is 0 Å². The summed E-state index contributed by atoms with van der Waals surface area (Å²) in [6.45, 7) is 8.23. The Balaban J connectivity index is 0.000000638. The van der Waals surface area contributed by atoms with Gasteiger partial charge in [0.25, 0.3) is 7.52 Å². The van der Waals surface area contributed by atoms with Crippen molar-refractivity contribution in [1.82, 2.24) is 9.57 Å². The molecule has 1 heterocycles. The molecule has 12 heteroatoms. The van der Waals surface area contributed by atoms with Crippen LogP contribution in [-0.4, -0.2) is 69.1 Å². The molecule has 1 aliphatic heterocycles. The molecule has 2 aliphatic rings. The van der Waals surface area contributed by atoms with Crippen LogP contribution in [0.2, 0.25) is 0 Å². The number of carbonyl (C=O) groups is 1. The van der Waals surface area contributed by atoms with E-state index in [0.717, 1.165) is 22.5 Å². The van der Waals surface area contributed by atoms with E-state index in [9.17, 15) is 17.7 Å². The lowest BCUT2D eigenvalue weighted by molar-refractivity contribution is -0.344. The van der Waals surface area contributed by atoms with Gasteiger partial charge in [-0.3, -0.25) is 4.57 Å². The van der Waals surface area contributed by atoms with Crippen molar-refractivity contribution in [2.45, 2.75) is 51.6 Å². The molecule has 0 amide bonds. The number of aliphatic carboxylic acids is 1. The number of benzene rings is 1. The summed E-state index contributed by atoms with van der Waals surface area (Å²) >= 11 is 0. The molecule has 1 aromatic carbocycles. The number of carbonyl (C=O) groups excluding carboxylic acids is 1. The van der Waals surface area contributed by atoms with Crippen molar-refractivity contribution in [3.05, 3.63) is 59.0 Å². The maximum atomic E-state index is 14.7. The maximum absolute atomic E-state index is 14.7. The van der Waals surface area contributed by atoms with Crippen LogP contribution in [0.3, 0.4) is 0 Å². The number of halogens is 3. The zero-order chi connectivity index (χ0) is 29.2. The summed E-state index contributed by atoms with van der Waals surface area (Å²) in [5.74, 6) is -1.63. The van der Waals surface area contributed by atoms with Crippen LogP contribution in [-0.2, 0) is 13.9 Å². The Hall–Kier alpha value is -2.84. The molecule has 2 atom stereocenters. The Morgan fingerprint density at radius 3 is 2.08 bits per heavy atom. The zero-order valence-corrected chi connectivity index (χ0v) is 24.0. The lowest BCUT2D eigenvalue weighted by atomic mass is 9.96. The standard InChI is InChI=1S/C24H35N3O3P.C2HF3O2/c1-16(2)27(17(3)4)31(28,29-9)24-20-12-10-18(25(5)6)14-22(20)30-23-15-19(26(7)8)11-13-21(23)24;3-2(4,5)1(6)7/h10-12,14-17,24H,1-9H3;(H,6,7)/q+1;/p-1. The van der Waals surface area contributed by atoms with Crippen LogP contribution >= 0.6 is 7.52 Å². The van der Waals surface area contributed by atoms with E-state index in [2.05, 4.69) is 33.8 Å². The highest BCUT2D eigenvalue weighted by Crippen LogP contribution is 2.69. The normalized spacial score (nSPS) is 18.0. The van der Waals surface area contributed by atoms with Gasteiger partial charge in [0.15, 0.2) is 17.0 Å². The smallest absolute Gasteiger partial charge is 0.430 e. The number of anilines is 1. The Morgan fingerprint density at radius 2 is 1.66 bits per heavy atom. The van der Waals surface area contributed by atoms with Gasteiger partial charge >= 0.3 is 6.18 Å². The molecule has 210 valence electrons. The number of ether oxygens (including phenoxy) is 1. The molecule has 1 aromatic rings. The van der Waals surface area contributed by atoms with Crippen LogP contribution in [0.5, 0.6) is 5.75 Å². The van der Waals surface area contributed by atoms with E-state index in [4.69, 9.17) is 19.2 Å². The van der Waals surface area contributed by atoms with Gasteiger partial charge in [0.05, 0.1) is 6.08 Å². The van der Waals surface area contributed by atoms with E-state index in [1.54, 1.807) is 7.11 Å². The van der Waals surface area contributed by atoms with Crippen LogP contribution in [0.15, 0.2) is 47.4 Å². The lowest BCUT2D eigenvalue weighted by Crippen LogP contribution is -2.37. The Bertz CT molecular complexity index is 1170. The molecule has 0 saturated heterocycles. The first-order valence-electron chi connectivity index (χ1n) is 11.9. The van der Waals surface area contributed by atoms with Gasteiger partial charge in [-0.15, -0.1) is 0 Å². The molecule has 0 spiro atoms. The molecular weight excluding hydrogens is 522 g/mol. The van der Waals surface area contributed by atoms with Gasteiger partial charge in [-0.25, -0.2) is 4.67 Å². The minimum atomic E-state index is -5.19. The summed E-state index contributed by atoms with van der Waals surface area (Å²) in [6, 6.07) is 6.13. The number of hydrogen-bond acceptors (Lipinski definition) is 7. The Kier molecular flexibility index (Phi) is 9.83. The number of nitrogens with zero attached hydrogens (tertiary/aromatic N) is 3. The van der Waals surface area contributed by atoms with Crippen LogP contribution in [0.4, 0.5) is 18.9 Å². The van der Waals surface area contributed by atoms with Crippen LogP contribution < -0.4 is 14.7 Å². The van der Waals surface area contributed by atoms with Crippen LogP contribution in [0.25, 0.3) is 0 Å². The molecule has 2 unspecified atom stereocenters. The highest BCUT2D eigenvalue weighted by molar-refractivity contribution is 7.57. The highest BCUT2D eigenvalue weighted by Gasteiger charge is 2.52. The molecule has 38 heavy (non-hydrogen) atoms. The Morgan fingerprint density at radius 1 is 1.11 bits per heavy atom. The molecule has 0 bridgehead atoms. The number of alkyl halides is 3. The number of hydrogen-bond donors (Lipinski definition) is 0. The van der Waals surface area contributed by atoms with Crippen LogP contribution in [0, 0.1) is 6.08 Å². The third-order valence-corrected chi connectivity index (χ3v) is 9.22. The molecule has 0 radical (unpaired) electrons. The molecule has 0 N–H and O–H groups in total. The van der Waals surface area contributed by atoms with Crippen LogP contribution in [0.1, 0.15) is 38.9 Å². The molecule has 1 aliphatic carbocycles. The number of carboxylic acid groups (broad SMARTS) is 1. The van der Waals surface area contributed by atoms with Gasteiger partial charge < -0.3 is 29.0 Å². The molecule has 0 fully saturated rings. The minimum absolute atomic E-state index is 0.0441. The predicted molar refractivity (Wildman–Crippen MR) is 139 cm³/mol. The largest absolute Gasteiger partial charge is 0.542 e. The van der Waals surface area contributed by atoms with E-state index in [1.807, 2.05) is 73.0 Å². The van der Waals surface area contributed by atoms with E-state index < -0.39 is 25.3 Å². The minimum Gasteiger partial charge on any atom is -0.542 e. The summed E-state index contributed by atoms with van der Waals surface area (Å²) in [6.07, 6.45) is 2.09. The van der Waals surface area contributed by atoms with Gasteiger partial charge in [-0.1, -0.05) is 6.07 Å². The molecule has 3 rings (SSSR count). The summed E-state index contributed by atoms with van der Waals surface area (Å²) in [7, 11) is 6.15. The van der Waals surface area contributed by atoms with Gasteiger partial charge in [0.2, 0.25) is 5.76 Å². The van der Waals surface area contributed by atoms with Crippen molar-refractivity contribution in [3.8, 4) is 5.75 Å². The van der Waals surface area contributed by atoms with Gasteiger partial charge in [0.1, 0.15) is 23.8 Å². The van der Waals surface area contributed by atoms with Gasteiger partial charge in [-0.05, 0) is 33.8 Å². The van der Waals surface area contributed by atoms with Crippen molar-refractivity contribution in [2.24, 2.45) is 0 Å². The van der Waals surface area contributed by atoms with E-state index in [-0.39, 0.29) is 12.1 Å². The summed E-state index contributed by atoms with van der Waals surface area (Å²) in [5, 5.41) is 8.78. The summed E-state index contributed by atoms with van der Waals surface area (Å²) < 4.78 is 60.5. The molecular formula is C26H35F3N3O5P. The quantitative estimate of drug-likeness (QED) is 0.358. The fourth-order valence-corrected chi connectivity index (χ4v) is 7.38. The second-order valence-corrected chi connectivity index (χ2v) is 12.2. The monoisotopic (exact) mass is 557 g/mol. The number of carboxylic acids is 1. The number of fused-ring (bicyclic) bond motifs is 1. The number of likely N-dealkylation sites (N-methyl/N-ethyl adjacent to an activating group) is 1. The van der Waals surface area contributed by atoms with Crippen molar-refractivity contribution in [3.63, 3.8) is 0 Å². The highest BCUT2D eigenvalue weighted by atomic mass is 31.2. The summed E-state index contributed by atoms with van der Waals surface area (Å²) in [5.41, 5.74) is 3.14. The van der Waals surface area contributed by atoms with Crippen molar-refractivity contribution >= 4 is 19.2 Å². The average Bonchev–Trinajstić information content (AvgIpc) is 2.80. The topological polar surface area (TPSA) is 85.4 Å². The summed E-state index contributed by atoms with van der Waals surface area (Å²) in [4.78, 5) is 12.8. The van der Waals surface area contributed by atoms with E-state index >= 15 is 0 Å². The Labute approximate surface area is 222 Å². The maximum Gasteiger partial charge on any atom is 0.430 e.